The number of halogens is 1. The first-order valence-corrected chi connectivity index (χ1v) is 7.86. The minimum atomic E-state index is -0.146. The molecule has 0 bridgehead atoms. The van der Waals surface area contributed by atoms with Gasteiger partial charge in [-0.1, -0.05) is 23.7 Å². The summed E-state index contributed by atoms with van der Waals surface area (Å²) in [5.41, 5.74) is 3.09. The zero-order chi connectivity index (χ0) is 16.2. The number of amides is 1. The summed E-state index contributed by atoms with van der Waals surface area (Å²) < 4.78 is 0. The Morgan fingerprint density at radius 2 is 1.78 bits per heavy atom. The van der Waals surface area contributed by atoms with Gasteiger partial charge in [0.25, 0.3) is 5.91 Å². The van der Waals surface area contributed by atoms with E-state index in [9.17, 15) is 4.79 Å². The van der Waals surface area contributed by atoms with Gasteiger partial charge in [-0.15, -0.1) is 0 Å². The van der Waals surface area contributed by atoms with E-state index in [1.165, 1.54) is 0 Å². The highest BCUT2D eigenvalue weighted by Gasteiger charge is 2.13. The lowest BCUT2D eigenvalue weighted by Crippen LogP contribution is -2.26. The highest BCUT2D eigenvalue weighted by atomic mass is 35.5. The fourth-order valence-electron chi connectivity index (χ4n) is 2.43. The molecule has 1 aromatic heterocycles. The van der Waals surface area contributed by atoms with Gasteiger partial charge in [-0.25, -0.2) is 9.97 Å². The van der Waals surface area contributed by atoms with E-state index in [0.717, 1.165) is 18.5 Å². The van der Waals surface area contributed by atoms with E-state index < -0.39 is 0 Å². The quantitative estimate of drug-likeness (QED) is 0.558. The number of nitrogens with one attached hydrogen (secondary N) is 2. The molecule has 23 heavy (non-hydrogen) atoms. The number of carbonyl (C=O) groups excluding carboxylic acids is 1. The van der Waals surface area contributed by atoms with Crippen LogP contribution >= 0.6 is 11.6 Å². The Bertz CT molecular complexity index is 866. The van der Waals surface area contributed by atoms with E-state index in [1.54, 1.807) is 12.1 Å². The van der Waals surface area contributed by atoms with Gasteiger partial charge >= 0.3 is 0 Å². The maximum absolute atomic E-state index is 12.4. The van der Waals surface area contributed by atoms with Crippen molar-refractivity contribution < 1.29 is 4.79 Å². The van der Waals surface area contributed by atoms with Crippen molar-refractivity contribution in [3.05, 3.63) is 47.0 Å². The first kappa shape index (κ1) is 15.6. The SMILES string of the molecule is CNCCCNC(=O)c1cccc2nc3cccc(Cl)c3nc12. The smallest absolute Gasteiger partial charge is 0.253 e. The molecule has 2 N–H and O–H groups in total. The zero-order valence-corrected chi connectivity index (χ0v) is 13.5. The predicted molar refractivity (Wildman–Crippen MR) is 92.9 cm³/mol. The first-order valence-electron chi connectivity index (χ1n) is 7.48. The Hall–Kier alpha value is -2.24. The number of rotatable bonds is 5. The van der Waals surface area contributed by atoms with Gasteiger partial charge in [0.05, 0.1) is 21.6 Å². The lowest BCUT2D eigenvalue weighted by molar-refractivity contribution is 0.0955. The van der Waals surface area contributed by atoms with Crippen molar-refractivity contribution in [1.29, 1.82) is 0 Å². The van der Waals surface area contributed by atoms with Gasteiger partial charge in [0.1, 0.15) is 11.0 Å². The highest BCUT2D eigenvalue weighted by molar-refractivity contribution is 6.35. The lowest BCUT2D eigenvalue weighted by atomic mass is 10.1. The fraction of sp³-hybridized carbons (Fsp3) is 0.235. The summed E-state index contributed by atoms with van der Waals surface area (Å²) in [7, 11) is 1.89. The summed E-state index contributed by atoms with van der Waals surface area (Å²) in [4.78, 5) is 21.5. The minimum Gasteiger partial charge on any atom is -0.352 e. The second-order valence-corrected chi connectivity index (χ2v) is 5.62. The molecule has 2 aromatic carbocycles. The second-order valence-electron chi connectivity index (χ2n) is 5.22. The van der Waals surface area contributed by atoms with Crippen molar-refractivity contribution in [3.63, 3.8) is 0 Å². The maximum Gasteiger partial charge on any atom is 0.253 e. The lowest BCUT2D eigenvalue weighted by Gasteiger charge is -2.08. The molecule has 5 nitrogen and oxygen atoms in total. The van der Waals surface area contributed by atoms with Crippen molar-refractivity contribution in [1.82, 2.24) is 20.6 Å². The third-order valence-corrected chi connectivity index (χ3v) is 3.88. The van der Waals surface area contributed by atoms with E-state index in [-0.39, 0.29) is 5.91 Å². The van der Waals surface area contributed by atoms with Crippen LogP contribution in [0.2, 0.25) is 5.02 Å². The standard InChI is InChI=1S/C17H17ClN4O/c1-19-9-4-10-20-17(23)11-5-2-7-13-15(11)22-16-12(18)6-3-8-14(16)21-13/h2-3,5-8,19H,4,9-10H2,1H3,(H,20,23). The van der Waals surface area contributed by atoms with Crippen LogP contribution in [0, 0.1) is 0 Å². The van der Waals surface area contributed by atoms with Crippen LogP contribution in [-0.4, -0.2) is 36.0 Å². The van der Waals surface area contributed by atoms with Gasteiger partial charge < -0.3 is 10.6 Å². The number of carbonyl (C=O) groups is 1. The molecule has 0 saturated carbocycles. The molecular formula is C17H17ClN4O. The van der Waals surface area contributed by atoms with Crippen LogP contribution in [0.15, 0.2) is 36.4 Å². The van der Waals surface area contributed by atoms with Gasteiger partial charge in [0.15, 0.2) is 0 Å². The molecule has 118 valence electrons. The number of nitrogens with zero attached hydrogens (tertiary/aromatic N) is 2. The molecule has 0 aliphatic heterocycles. The molecule has 0 saturated heterocycles. The Morgan fingerprint density at radius 3 is 2.57 bits per heavy atom. The van der Waals surface area contributed by atoms with Gasteiger partial charge in [0, 0.05) is 6.54 Å². The predicted octanol–water partition coefficient (Wildman–Crippen LogP) is 2.78. The summed E-state index contributed by atoms with van der Waals surface area (Å²) in [6.07, 6.45) is 0.868. The monoisotopic (exact) mass is 328 g/mol. The molecule has 1 heterocycles. The molecule has 6 heteroatoms. The van der Waals surface area contributed by atoms with E-state index in [1.807, 2.05) is 31.3 Å². The summed E-state index contributed by atoms with van der Waals surface area (Å²) in [6.45, 7) is 1.47. The Kier molecular flexibility index (Phi) is 4.69. The van der Waals surface area contributed by atoms with Crippen molar-refractivity contribution >= 4 is 39.6 Å². The fourth-order valence-corrected chi connectivity index (χ4v) is 2.64. The molecule has 0 aliphatic carbocycles. The number of fused-ring (bicyclic) bond motifs is 2. The van der Waals surface area contributed by atoms with Crippen molar-refractivity contribution in [2.75, 3.05) is 20.1 Å². The van der Waals surface area contributed by atoms with Crippen LogP contribution in [-0.2, 0) is 0 Å². The Labute approximate surface area is 139 Å². The molecule has 0 unspecified atom stereocenters. The van der Waals surface area contributed by atoms with Crippen LogP contribution < -0.4 is 10.6 Å². The van der Waals surface area contributed by atoms with E-state index in [0.29, 0.717) is 33.7 Å². The number of para-hydroxylation sites is 2. The molecule has 0 fully saturated rings. The normalized spacial score (nSPS) is 11.0. The number of hydrogen-bond donors (Lipinski definition) is 2. The van der Waals surface area contributed by atoms with E-state index in [2.05, 4.69) is 20.6 Å². The number of hydrogen-bond acceptors (Lipinski definition) is 4. The van der Waals surface area contributed by atoms with Gasteiger partial charge in [-0.2, -0.15) is 0 Å². The molecule has 0 radical (unpaired) electrons. The number of aromatic nitrogens is 2. The van der Waals surface area contributed by atoms with Gasteiger partial charge in [-0.3, -0.25) is 4.79 Å². The molecule has 0 spiro atoms. The van der Waals surface area contributed by atoms with Crippen molar-refractivity contribution in [2.45, 2.75) is 6.42 Å². The van der Waals surface area contributed by atoms with Gasteiger partial charge in [-0.05, 0) is 44.3 Å². The summed E-state index contributed by atoms with van der Waals surface area (Å²) in [5, 5.41) is 6.49. The second kappa shape index (κ2) is 6.89. The first-order chi connectivity index (χ1) is 11.2. The Balaban J connectivity index is 2.00. The molecule has 0 atom stereocenters. The maximum atomic E-state index is 12.4. The highest BCUT2D eigenvalue weighted by Crippen LogP contribution is 2.24. The van der Waals surface area contributed by atoms with Crippen LogP contribution in [0.1, 0.15) is 16.8 Å². The average Bonchev–Trinajstić information content (AvgIpc) is 2.57. The van der Waals surface area contributed by atoms with Crippen LogP contribution in [0.25, 0.3) is 22.1 Å². The third-order valence-electron chi connectivity index (χ3n) is 3.58. The van der Waals surface area contributed by atoms with Crippen molar-refractivity contribution in [3.8, 4) is 0 Å². The largest absolute Gasteiger partial charge is 0.352 e. The minimum absolute atomic E-state index is 0.146. The van der Waals surface area contributed by atoms with Crippen LogP contribution in [0.5, 0.6) is 0 Å². The number of benzene rings is 2. The van der Waals surface area contributed by atoms with Crippen LogP contribution in [0.3, 0.4) is 0 Å². The summed E-state index contributed by atoms with van der Waals surface area (Å²) in [6, 6.07) is 10.9. The van der Waals surface area contributed by atoms with Crippen molar-refractivity contribution in [2.24, 2.45) is 0 Å². The zero-order valence-electron chi connectivity index (χ0n) is 12.8. The molecule has 0 aliphatic rings. The van der Waals surface area contributed by atoms with Crippen LogP contribution in [0.4, 0.5) is 0 Å². The van der Waals surface area contributed by atoms with E-state index in [4.69, 9.17) is 11.6 Å². The molecule has 3 rings (SSSR count). The van der Waals surface area contributed by atoms with E-state index >= 15 is 0 Å². The summed E-state index contributed by atoms with van der Waals surface area (Å²) in [5.74, 6) is -0.146. The average molecular weight is 329 g/mol. The topological polar surface area (TPSA) is 66.9 Å². The van der Waals surface area contributed by atoms with Gasteiger partial charge in [0.2, 0.25) is 0 Å². The Morgan fingerprint density at radius 1 is 1.04 bits per heavy atom. The molecule has 3 aromatic rings. The molecule has 1 amide bonds. The molecular weight excluding hydrogens is 312 g/mol. The summed E-state index contributed by atoms with van der Waals surface area (Å²) >= 11 is 6.20. The third kappa shape index (κ3) is 3.25.